The van der Waals surface area contributed by atoms with Crippen LogP contribution in [0.3, 0.4) is 0 Å². The van der Waals surface area contributed by atoms with E-state index in [1.54, 1.807) is 0 Å². The monoisotopic (exact) mass is 420 g/mol. The van der Waals surface area contributed by atoms with Gasteiger partial charge in [0.25, 0.3) is 0 Å². The maximum absolute atomic E-state index is 12.4. The zero-order valence-corrected chi connectivity index (χ0v) is 16.1. The number of hydrogen-bond acceptors (Lipinski definition) is 9. The molecule has 9 heteroatoms. The maximum atomic E-state index is 12.4. The van der Waals surface area contributed by atoms with Crippen molar-refractivity contribution in [1.82, 2.24) is 0 Å². The van der Waals surface area contributed by atoms with Crippen LogP contribution in [0, 0.1) is 0 Å². The largest absolute Gasteiger partial charge is 0.871 e. The van der Waals surface area contributed by atoms with Gasteiger partial charge in [0, 0.05) is 11.1 Å². The average Bonchev–Trinajstić information content (AvgIpc) is 3.16. The van der Waals surface area contributed by atoms with Gasteiger partial charge in [-0.25, -0.2) is 9.59 Å². The average molecular weight is 420 g/mol. The second-order valence-corrected chi connectivity index (χ2v) is 6.57. The molecule has 0 bridgehead atoms. The Bertz CT molecular complexity index is 1170. The molecule has 2 aromatic carbocycles. The third-order valence-electron chi connectivity index (χ3n) is 4.88. The van der Waals surface area contributed by atoms with E-state index in [1.807, 2.05) is 0 Å². The highest BCUT2D eigenvalue weighted by Gasteiger charge is 2.32. The molecule has 0 atom stereocenters. The highest BCUT2D eigenvalue weighted by molar-refractivity contribution is 6.33. The van der Waals surface area contributed by atoms with Crippen molar-refractivity contribution in [1.29, 1.82) is 0 Å². The Balaban J connectivity index is 1.68. The van der Waals surface area contributed by atoms with Gasteiger partial charge in [0.2, 0.25) is 0 Å². The van der Waals surface area contributed by atoms with E-state index >= 15 is 0 Å². The van der Waals surface area contributed by atoms with E-state index in [2.05, 4.69) is 9.47 Å². The molecule has 0 amide bonds. The lowest BCUT2D eigenvalue weighted by Crippen LogP contribution is -2.14. The first-order chi connectivity index (χ1) is 14.8. The van der Waals surface area contributed by atoms with Gasteiger partial charge in [0.15, 0.2) is 11.6 Å². The lowest BCUT2D eigenvalue weighted by atomic mass is 10.1. The molecular formula is C22H12O9-2. The predicted molar refractivity (Wildman–Crippen MR) is 99.5 cm³/mol. The van der Waals surface area contributed by atoms with Crippen LogP contribution in [-0.2, 0) is 19.1 Å². The molecule has 0 saturated heterocycles. The van der Waals surface area contributed by atoms with Crippen LogP contribution in [0.1, 0.15) is 31.8 Å². The lowest BCUT2D eigenvalue weighted by Gasteiger charge is -2.14. The minimum atomic E-state index is -1.02. The molecule has 0 spiro atoms. The van der Waals surface area contributed by atoms with Crippen LogP contribution in [0.5, 0.6) is 11.5 Å². The molecule has 0 fully saturated rings. The Kier molecular flexibility index (Phi) is 4.58. The van der Waals surface area contributed by atoms with Crippen LogP contribution in [0.4, 0.5) is 0 Å². The van der Waals surface area contributed by atoms with E-state index in [9.17, 15) is 29.4 Å². The number of benzene rings is 2. The number of hydrogen-bond donors (Lipinski definition) is 0. The second-order valence-electron chi connectivity index (χ2n) is 6.57. The number of ketones is 2. The number of Topliss-reactive ketones (excluding diaryl/α,β-unsaturated/α-hetero) is 2. The van der Waals surface area contributed by atoms with Gasteiger partial charge in [-0.1, -0.05) is 11.5 Å². The Morgan fingerprint density at radius 2 is 1.06 bits per heavy atom. The number of carbonyl (C=O) groups is 4. The summed E-state index contributed by atoms with van der Waals surface area (Å²) in [6, 6.07) is 8.08. The molecule has 4 rings (SSSR count). The van der Waals surface area contributed by atoms with Gasteiger partial charge in [0.1, 0.15) is 22.6 Å². The summed E-state index contributed by atoms with van der Waals surface area (Å²) in [7, 11) is 2.13. The van der Waals surface area contributed by atoms with Gasteiger partial charge in [0.05, 0.1) is 14.2 Å². The number of fused-ring (bicyclic) bond motifs is 2. The molecule has 0 aliphatic heterocycles. The quantitative estimate of drug-likeness (QED) is 0.506. The maximum Gasteiger partial charge on any atom is 0.341 e. The molecule has 0 saturated carbocycles. The Hall–Kier alpha value is -4.40. The van der Waals surface area contributed by atoms with Crippen molar-refractivity contribution in [3.63, 3.8) is 0 Å². The molecule has 0 aromatic heterocycles. The summed E-state index contributed by atoms with van der Waals surface area (Å²) in [6.45, 7) is 0. The molecule has 0 heterocycles. The summed E-state index contributed by atoms with van der Waals surface area (Å²) in [6.07, 6.45) is 0. The van der Waals surface area contributed by atoms with Crippen LogP contribution in [0.2, 0.25) is 0 Å². The highest BCUT2D eigenvalue weighted by atomic mass is 16.5. The van der Waals surface area contributed by atoms with E-state index in [4.69, 9.17) is 4.74 Å². The van der Waals surface area contributed by atoms with E-state index in [0.717, 1.165) is 14.2 Å². The summed E-state index contributed by atoms with van der Waals surface area (Å²) >= 11 is 0. The third-order valence-corrected chi connectivity index (χ3v) is 4.88. The first-order valence-corrected chi connectivity index (χ1v) is 8.83. The number of methoxy groups -OCH3 is 2. The first-order valence-electron chi connectivity index (χ1n) is 8.83. The van der Waals surface area contributed by atoms with Gasteiger partial charge in [-0.2, -0.15) is 0 Å². The van der Waals surface area contributed by atoms with E-state index in [1.165, 1.54) is 36.4 Å². The van der Waals surface area contributed by atoms with Crippen molar-refractivity contribution >= 4 is 35.0 Å². The van der Waals surface area contributed by atoms with Crippen LogP contribution >= 0.6 is 0 Å². The van der Waals surface area contributed by atoms with Crippen molar-refractivity contribution in [2.45, 2.75) is 0 Å². The van der Waals surface area contributed by atoms with Crippen molar-refractivity contribution in [2.24, 2.45) is 0 Å². The summed E-state index contributed by atoms with van der Waals surface area (Å²) in [5.74, 6) is -4.74. The van der Waals surface area contributed by atoms with Crippen molar-refractivity contribution in [2.75, 3.05) is 14.2 Å². The van der Waals surface area contributed by atoms with Crippen molar-refractivity contribution in [3.8, 4) is 11.5 Å². The van der Waals surface area contributed by atoms with Gasteiger partial charge in [-0.3, -0.25) is 9.59 Å². The van der Waals surface area contributed by atoms with Gasteiger partial charge in [-0.15, -0.1) is 0 Å². The molecule has 2 aliphatic rings. The van der Waals surface area contributed by atoms with Crippen LogP contribution < -0.4 is 14.9 Å². The minimum absolute atomic E-state index is 0.0170. The fourth-order valence-electron chi connectivity index (χ4n) is 3.40. The number of ether oxygens (including phenoxy) is 3. The van der Waals surface area contributed by atoms with Gasteiger partial charge < -0.3 is 24.4 Å². The van der Waals surface area contributed by atoms with Crippen LogP contribution in [0.15, 0.2) is 47.5 Å². The normalized spacial score (nSPS) is 14.5. The minimum Gasteiger partial charge on any atom is -0.871 e. The lowest BCUT2D eigenvalue weighted by molar-refractivity contribution is -0.245. The first kappa shape index (κ1) is 19.9. The highest BCUT2D eigenvalue weighted by Crippen LogP contribution is 2.36. The smallest absolute Gasteiger partial charge is 0.341 e. The molecular weight excluding hydrogens is 408 g/mol. The second kappa shape index (κ2) is 7.13. The summed E-state index contributed by atoms with van der Waals surface area (Å²) < 4.78 is 14.6. The summed E-state index contributed by atoms with van der Waals surface area (Å²) in [4.78, 5) is 48.0. The SMILES string of the molecule is COC(=O)C1=C([O-])c2cc(Oc3ccc4c(c3)C([O-])=C(C(=O)OC)C4=O)ccc2C1=O. The standard InChI is InChI=1S/C22H14O9/c1-29-21(27)15-17(23)11-5-3-9(7-13(11)19(15)25)31-10-4-6-12-14(8-10)20(26)16(18(12)24)22(28)30-2/h3-8,25-26H,1-2H3/p-2. The van der Waals surface area contributed by atoms with Crippen LogP contribution in [-0.4, -0.2) is 37.7 Å². The molecule has 2 aromatic rings. The van der Waals surface area contributed by atoms with Crippen molar-refractivity contribution in [3.05, 3.63) is 69.8 Å². The topological polar surface area (TPSA) is 142 Å². The molecule has 156 valence electrons. The van der Waals surface area contributed by atoms with Crippen LogP contribution in [0.25, 0.3) is 11.5 Å². The molecule has 0 unspecified atom stereocenters. The van der Waals surface area contributed by atoms with E-state index < -0.39 is 46.2 Å². The number of carbonyl (C=O) groups excluding carboxylic acids is 4. The predicted octanol–water partition coefficient (Wildman–Crippen LogP) is 0.360. The Labute approximate surface area is 174 Å². The number of esters is 2. The Morgan fingerprint density at radius 3 is 1.42 bits per heavy atom. The molecule has 2 aliphatic carbocycles. The third kappa shape index (κ3) is 2.94. The molecule has 31 heavy (non-hydrogen) atoms. The molecule has 9 nitrogen and oxygen atoms in total. The zero-order valence-electron chi connectivity index (χ0n) is 16.1. The van der Waals surface area contributed by atoms with Gasteiger partial charge in [-0.05, 0) is 47.5 Å². The summed E-state index contributed by atoms with van der Waals surface area (Å²) in [5, 5.41) is 24.9. The molecule has 0 N–H and O–H groups in total. The van der Waals surface area contributed by atoms with E-state index in [0.29, 0.717) is 0 Å². The summed E-state index contributed by atoms with van der Waals surface area (Å²) in [5.41, 5.74) is -1.10. The number of rotatable bonds is 4. The fourth-order valence-corrected chi connectivity index (χ4v) is 3.40. The molecule has 0 radical (unpaired) electrons. The van der Waals surface area contributed by atoms with Crippen molar-refractivity contribution < 1.29 is 43.6 Å². The van der Waals surface area contributed by atoms with E-state index in [-0.39, 0.29) is 33.8 Å². The van der Waals surface area contributed by atoms with Gasteiger partial charge >= 0.3 is 11.9 Å². The fraction of sp³-hybridized carbons (Fsp3) is 0.0909. The zero-order chi connectivity index (χ0) is 22.4. The Morgan fingerprint density at radius 1 is 0.677 bits per heavy atom.